The highest BCUT2D eigenvalue weighted by atomic mass is 17.3. The number of ether oxygens (including phenoxy) is 3. The van der Waals surface area contributed by atoms with Crippen LogP contribution in [0.3, 0.4) is 0 Å². The van der Waals surface area contributed by atoms with Crippen LogP contribution in [0.5, 0.6) is 5.75 Å². The molecule has 1 aromatic heterocycles. The number of aromatic nitrogens is 1. The maximum atomic E-state index is 12.9. The zero-order valence-electron chi connectivity index (χ0n) is 24.0. The normalized spacial score (nSPS) is 36.1. The van der Waals surface area contributed by atoms with Gasteiger partial charge in [0.1, 0.15) is 11.8 Å². The summed E-state index contributed by atoms with van der Waals surface area (Å²) in [5.74, 6) is -2.94. The van der Waals surface area contributed by atoms with Crippen LogP contribution in [0.1, 0.15) is 64.9 Å². The van der Waals surface area contributed by atoms with Gasteiger partial charge in [0.25, 0.3) is 0 Å². The smallest absolute Gasteiger partial charge is 0.326 e. The number of aromatic amines is 1. The molecule has 2 aromatic rings. The van der Waals surface area contributed by atoms with Gasteiger partial charge in [-0.1, -0.05) is 13.8 Å². The molecule has 9 atom stereocenters. The first-order chi connectivity index (χ1) is 20.0. The van der Waals surface area contributed by atoms with Crippen LogP contribution in [-0.4, -0.2) is 63.1 Å². The van der Waals surface area contributed by atoms with E-state index in [-0.39, 0.29) is 42.8 Å². The number of carboxylic acids is 1. The minimum atomic E-state index is -1.22. The summed E-state index contributed by atoms with van der Waals surface area (Å²) in [6.07, 6.45) is 2.94. The van der Waals surface area contributed by atoms with E-state index in [4.69, 9.17) is 24.0 Å². The summed E-state index contributed by atoms with van der Waals surface area (Å²) in [6, 6.07) is 3.52. The van der Waals surface area contributed by atoms with E-state index in [1.165, 1.54) is 12.1 Å². The molecule has 1 amide bonds. The number of nitrogens with one attached hydrogen (secondary N) is 2. The average Bonchev–Trinajstić information content (AvgIpc) is 3.19. The molecule has 12 heteroatoms. The molecule has 0 unspecified atom stereocenters. The van der Waals surface area contributed by atoms with Crippen molar-refractivity contribution in [2.75, 3.05) is 0 Å². The summed E-state index contributed by atoms with van der Waals surface area (Å²) >= 11 is 0. The lowest BCUT2D eigenvalue weighted by Crippen LogP contribution is -2.70. The van der Waals surface area contributed by atoms with Crippen LogP contribution < -0.4 is 5.32 Å². The van der Waals surface area contributed by atoms with Crippen molar-refractivity contribution >= 4 is 28.7 Å². The summed E-state index contributed by atoms with van der Waals surface area (Å²) in [4.78, 5) is 52.4. The Bertz CT molecular complexity index is 1380. The number of benzene rings is 1. The number of carboxylic acid groups (broad SMARTS) is 1. The molecule has 1 spiro atoms. The number of hydrogen-bond donors (Lipinski definition) is 4. The molecule has 5 heterocycles. The van der Waals surface area contributed by atoms with Crippen molar-refractivity contribution < 1.29 is 48.6 Å². The lowest BCUT2D eigenvalue weighted by Gasteiger charge is -2.59. The van der Waals surface area contributed by atoms with E-state index in [2.05, 4.69) is 17.2 Å². The molecule has 7 rings (SSSR count). The quantitative estimate of drug-likeness (QED) is 0.266. The number of phenols is 1. The van der Waals surface area contributed by atoms with Crippen molar-refractivity contribution in [3.63, 3.8) is 0 Å². The summed E-state index contributed by atoms with van der Waals surface area (Å²) in [6.45, 7) is 6.01. The van der Waals surface area contributed by atoms with E-state index in [1.807, 2.05) is 13.8 Å². The van der Waals surface area contributed by atoms with Crippen LogP contribution in [0.15, 0.2) is 24.4 Å². The number of rotatable bonds is 8. The monoisotopic (exact) mass is 586 g/mol. The maximum absolute atomic E-state index is 12.9. The Balaban J connectivity index is 1.07. The highest BCUT2D eigenvalue weighted by Gasteiger charge is 2.69. The fourth-order valence-electron chi connectivity index (χ4n) is 7.43. The van der Waals surface area contributed by atoms with Gasteiger partial charge in [-0.05, 0) is 61.8 Å². The molecule has 1 aliphatic carbocycles. The third-order valence-corrected chi connectivity index (χ3v) is 9.71. The van der Waals surface area contributed by atoms with Gasteiger partial charge in [-0.2, -0.15) is 0 Å². The Kier molecular flexibility index (Phi) is 7.45. The van der Waals surface area contributed by atoms with Gasteiger partial charge < -0.3 is 34.7 Å². The minimum absolute atomic E-state index is 0.00273. The average molecular weight is 587 g/mol. The molecular weight excluding hydrogens is 548 g/mol. The van der Waals surface area contributed by atoms with Gasteiger partial charge in [-0.25, -0.2) is 14.6 Å². The van der Waals surface area contributed by atoms with Crippen molar-refractivity contribution in [2.24, 2.45) is 23.7 Å². The molecule has 4 N–H and O–H groups in total. The Labute approximate surface area is 242 Å². The van der Waals surface area contributed by atoms with Gasteiger partial charge in [0.2, 0.25) is 18.0 Å². The van der Waals surface area contributed by atoms with E-state index in [0.717, 1.165) is 24.8 Å². The fourth-order valence-corrected chi connectivity index (χ4v) is 7.43. The molecule has 228 valence electrons. The van der Waals surface area contributed by atoms with E-state index >= 15 is 0 Å². The van der Waals surface area contributed by atoms with Crippen molar-refractivity contribution in [1.29, 1.82) is 0 Å². The molecule has 4 saturated heterocycles. The predicted octanol–water partition coefficient (Wildman–Crippen LogP) is 3.52. The van der Waals surface area contributed by atoms with Gasteiger partial charge >= 0.3 is 11.9 Å². The largest absolute Gasteiger partial charge is 0.508 e. The number of H-pyrrole nitrogens is 1. The SMILES string of the molecule is C[C@H]1[C@H](OC(=O)CCC(=O)N[C@H](Cc2c[nH]c3ccc(O)cc23)C(=O)O)O[C@@H]2O[C@]3(C)CC[C@H]4[C@H](C)CC[C@@H]1[C@@]24OO3. The Morgan fingerprint density at radius 3 is 2.74 bits per heavy atom. The van der Waals surface area contributed by atoms with Crippen LogP contribution in [0, 0.1) is 23.7 Å². The molecule has 42 heavy (non-hydrogen) atoms. The number of carbonyl (C=O) groups excluding carboxylic acids is 2. The summed E-state index contributed by atoms with van der Waals surface area (Å²) in [7, 11) is 0. The summed E-state index contributed by atoms with van der Waals surface area (Å²) < 4.78 is 18.3. The first-order valence-electron chi connectivity index (χ1n) is 14.7. The number of carbonyl (C=O) groups is 3. The molecule has 1 saturated carbocycles. The molecule has 12 nitrogen and oxygen atoms in total. The van der Waals surface area contributed by atoms with Gasteiger partial charge in [0, 0.05) is 48.2 Å². The zero-order chi connectivity index (χ0) is 29.8. The number of phenolic OH excluding ortho intramolecular Hbond substituents is 1. The maximum Gasteiger partial charge on any atom is 0.326 e. The molecule has 1 aromatic carbocycles. The molecular formula is C30H38N2O10. The number of hydrogen-bond acceptors (Lipinski definition) is 9. The first-order valence-corrected chi connectivity index (χ1v) is 14.7. The lowest BCUT2D eigenvalue weighted by atomic mass is 9.58. The third-order valence-electron chi connectivity index (χ3n) is 9.71. The standard InChI is InChI=1S/C30H38N2O10/c1-15-4-6-21-16(2)27(39-28-30(21)20(15)10-11-29(3,40-28)41-42-30)38-25(35)9-8-24(34)32-23(26(36)37)12-17-14-31-22-7-5-18(33)13-19(17)22/h5,7,13-16,20-21,23,27-28,31,33H,4,6,8-12H2,1-3H3,(H,32,34)(H,36,37)/t15-,16-,20+,21+,23-,27-,28-,29+,30-/m1/s1. The topological polar surface area (TPSA) is 166 Å². The third kappa shape index (κ3) is 5.04. The minimum Gasteiger partial charge on any atom is -0.508 e. The number of aromatic hydroxyl groups is 1. The highest BCUT2D eigenvalue weighted by Crippen LogP contribution is 2.60. The van der Waals surface area contributed by atoms with Crippen molar-refractivity contribution in [3.8, 4) is 5.75 Å². The van der Waals surface area contributed by atoms with Crippen LogP contribution in [0.25, 0.3) is 10.9 Å². The Hall–Kier alpha value is -3.19. The summed E-state index contributed by atoms with van der Waals surface area (Å²) in [5.41, 5.74) is 0.594. The van der Waals surface area contributed by atoms with Crippen LogP contribution >= 0.6 is 0 Å². The van der Waals surface area contributed by atoms with E-state index in [0.29, 0.717) is 23.3 Å². The second-order valence-electron chi connectivity index (χ2n) is 12.5. The number of amides is 1. The van der Waals surface area contributed by atoms with Crippen molar-refractivity contribution in [2.45, 2.75) is 95.7 Å². The van der Waals surface area contributed by atoms with Gasteiger partial charge in [-0.15, -0.1) is 0 Å². The fraction of sp³-hybridized carbons (Fsp3) is 0.633. The van der Waals surface area contributed by atoms with Gasteiger partial charge in [0.05, 0.1) is 6.42 Å². The van der Waals surface area contributed by atoms with Crippen molar-refractivity contribution in [1.82, 2.24) is 10.3 Å². The number of esters is 1. The van der Waals surface area contributed by atoms with Crippen molar-refractivity contribution in [3.05, 3.63) is 30.0 Å². The molecule has 2 bridgehead atoms. The highest BCUT2D eigenvalue weighted by molar-refractivity contribution is 5.88. The van der Waals surface area contributed by atoms with Gasteiger partial charge in [0.15, 0.2) is 11.9 Å². The predicted molar refractivity (Wildman–Crippen MR) is 145 cm³/mol. The zero-order valence-corrected chi connectivity index (χ0v) is 24.0. The molecule has 5 aliphatic rings. The second-order valence-corrected chi connectivity index (χ2v) is 12.5. The van der Waals surface area contributed by atoms with E-state index < -0.39 is 47.9 Å². The molecule has 5 fully saturated rings. The lowest BCUT2D eigenvalue weighted by molar-refractivity contribution is -0.576. The van der Waals surface area contributed by atoms with Crippen LogP contribution in [-0.2, 0) is 44.8 Å². The van der Waals surface area contributed by atoms with Crippen LogP contribution in [0.4, 0.5) is 0 Å². The van der Waals surface area contributed by atoms with E-state index in [1.54, 1.807) is 12.3 Å². The van der Waals surface area contributed by atoms with Gasteiger partial charge in [-0.3, -0.25) is 9.59 Å². The Morgan fingerprint density at radius 1 is 1.14 bits per heavy atom. The first kappa shape index (κ1) is 28.9. The Morgan fingerprint density at radius 2 is 1.95 bits per heavy atom. The van der Waals surface area contributed by atoms with Crippen LogP contribution in [0.2, 0.25) is 0 Å². The molecule has 0 radical (unpaired) electrons. The number of fused-ring (bicyclic) bond motifs is 3. The molecule has 4 aliphatic heterocycles. The summed E-state index contributed by atoms with van der Waals surface area (Å²) in [5, 5.41) is 22.7. The number of aliphatic carboxylic acids is 1. The van der Waals surface area contributed by atoms with E-state index in [9.17, 15) is 24.6 Å². The second kappa shape index (κ2) is 10.8.